The van der Waals surface area contributed by atoms with Gasteiger partial charge in [-0.15, -0.1) is 23.7 Å². The Morgan fingerprint density at radius 1 is 1.47 bits per heavy atom. The number of hydrogen-bond donors (Lipinski definition) is 1. The van der Waals surface area contributed by atoms with E-state index >= 15 is 0 Å². The van der Waals surface area contributed by atoms with Gasteiger partial charge in [0.2, 0.25) is 0 Å². The predicted molar refractivity (Wildman–Crippen MR) is 71.2 cm³/mol. The van der Waals surface area contributed by atoms with Crippen LogP contribution in [0, 0.1) is 0 Å². The third-order valence-corrected chi connectivity index (χ3v) is 4.21. The number of thioether (sulfide) groups is 1. The van der Waals surface area contributed by atoms with Crippen LogP contribution < -0.4 is 5.73 Å². The molecule has 0 aliphatic carbocycles. The van der Waals surface area contributed by atoms with E-state index in [1.807, 2.05) is 25.1 Å². The van der Waals surface area contributed by atoms with Crippen molar-refractivity contribution in [3.63, 3.8) is 0 Å². The Morgan fingerprint density at radius 3 is 2.87 bits per heavy atom. The van der Waals surface area contributed by atoms with E-state index in [0.29, 0.717) is 0 Å². The first-order valence-corrected chi connectivity index (χ1v) is 6.30. The third kappa shape index (κ3) is 3.34. The van der Waals surface area contributed by atoms with Gasteiger partial charge in [-0.05, 0) is 19.1 Å². The zero-order chi connectivity index (χ0) is 9.97. The van der Waals surface area contributed by atoms with E-state index in [9.17, 15) is 0 Å². The smallest absolute Gasteiger partial charge is 0.151 e. The highest BCUT2D eigenvalue weighted by atomic mass is 35.5. The maximum absolute atomic E-state index is 5.69. The molecular formula is C10H13ClN2S2. The largest absolute Gasteiger partial charge is 0.327 e. The molecule has 0 aliphatic rings. The highest BCUT2D eigenvalue weighted by molar-refractivity contribution is 8.01. The average molecular weight is 261 g/mol. The molecule has 15 heavy (non-hydrogen) atoms. The van der Waals surface area contributed by atoms with Crippen LogP contribution in [-0.2, 0) is 0 Å². The van der Waals surface area contributed by atoms with Crippen molar-refractivity contribution in [1.29, 1.82) is 0 Å². The summed E-state index contributed by atoms with van der Waals surface area (Å²) in [5.41, 5.74) is 6.78. The van der Waals surface area contributed by atoms with E-state index in [1.54, 1.807) is 23.1 Å². The number of nitrogens with zero attached hydrogens (tertiary/aromatic N) is 1. The van der Waals surface area contributed by atoms with E-state index in [0.717, 1.165) is 15.6 Å². The van der Waals surface area contributed by atoms with Crippen molar-refractivity contribution in [2.75, 3.05) is 5.75 Å². The fraction of sp³-hybridized carbons (Fsp3) is 0.300. The lowest BCUT2D eigenvalue weighted by Gasteiger charge is -1.99. The number of nitrogens with two attached hydrogens (primary N) is 1. The monoisotopic (exact) mass is 260 g/mol. The molecule has 0 saturated heterocycles. The molecule has 0 unspecified atom stereocenters. The topological polar surface area (TPSA) is 38.9 Å². The van der Waals surface area contributed by atoms with Crippen LogP contribution in [0.5, 0.6) is 0 Å². The first-order valence-electron chi connectivity index (χ1n) is 4.49. The predicted octanol–water partition coefficient (Wildman–Crippen LogP) is 3.16. The standard InChI is InChI=1S/C10H12N2S2.ClH/c1-7(11)6-13-10-12-8-4-2-3-5-9(8)14-10;/h2-5,7H,6,11H2,1H3;1H/t7-;/m0./s1. The number of benzene rings is 1. The molecule has 0 spiro atoms. The van der Waals surface area contributed by atoms with Crippen molar-refractivity contribution >= 4 is 45.7 Å². The van der Waals surface area contributed by atoms with Gasteiger partial charge in [-0.1, -0.05) is 23.9 Å². The maximum Gasteiger partial charge on any atom is 0.151 e. The molecule has 5 heteroatoms. The first-order chi connectivity index (χ1) is 6.75. The minimum Gasteiger partial charge on any atom is -0.327 e. The van der Waals surface area contributed by atoms with Gasteiger partial charge in [0.25, 0.3) is 0 Å². The quantitative estimate of drug-likeness (QED) is 0.862. The molecule has 0 aliphatic heterocycles. The van der Waals surface area contributed by atoms with Crippen molar-refractivity contribution in [3.05, 3.63) is 24.3 Å². The molecule has 0 amide bonds. The second-order valence-electron chi connectivity index (χ2n) is 3.24. The summed E-state index contributed by atoms with van der Waals surface area (Å²) >= 11 is 3.47. The summed E-state index contributed by atoms with van der Waals surface area (Å²) in [7, 11) is 0. The molecule has 1 aromatic heterocycles. The van der Waals surface area contributed by atoms with Gasteiger partial charge in [-0.2, -0.15) is 0 Å². The first kappa shape index (κ1) is 12.8. The molecule has 1 atom stereocenters. The third-order valence-electron chi connectivity index (χ3n) is 1.74. The van der Waals surface area contributed by atoms with Crippen molar-refractivity contribution < 1.29 is 0 Å². The molecule has 0 radical (unpaired) electrons. The van der Waals surface area contributed by atoms with Crippen LogP contribution in [-0.4, -0.2) is 16.8 Å². The zero-order valence-corrected chi connectivity index (χ0v) is 10.8. The van der Waals surface area contributed by atoms with Crippen LogP contribution in [0.2, 0.25) is 0 Å². The van der Waals surface area contributed by atoms with Gasteiger partial charge < -0.3 is 5.73 Å². The normalized spacial score (nSPS) is 12.4. The van der Waals surface area contributed by atoms with Gasteiger partial charge >= 0.3 is 0 Å². The fourth-order valence-electron chi connectivity index (χ4n) is 1.12. The van der Waals surface area contributed by atoms with Crippen LogP contribution in [0.4, 0.5) is 0 Å². The summed E-state index contributed by atoms with van der Waals surface area (Å²) in [6.07, 6.45) is 0. The minimum atomic E-state index is 0. The Hall–Kier alpha value is -0.290. The minimum absolute atomic E-state index is 0. The number of para-hydroxylation sites is 1. The lowest BCUT2D eigenvalue weighted by Crippen LogP contribution is -2.17. The Kier molecular flexibility index (Phi) is 4.86. The summed E-state index contributed by atoms with van der Waals surface area (Å²) < 4.78 is 2.36. The molecule has 0 bridgehead atoms. The van der Waals surface area contributed by atoms with E-state index in [1.165, 1.54) is 4.70 Å². The molecule has 2 rings (SSSR count). The fourth-order valence-corrected chi connectivity index (χ4v) is 3.09. The van der Waals surface area contributed by atoms with E-state index in [2.05, 4.69) is 11.1 Å². The molecular weight excluding hydrogens is 248 g/mol. The summed E-state index contributed by atoms with van der Waals surface area (Å²) in [4.78, 5) is 4.51. The summed E-state index contributed by atoms with van der Waals surface area (Å²) in [5, 5.41) is 0. The van der Waals surface area contributed by atoms with Crippen LogP contribution in [0.3, 0.4) is 0 Å². The Labute approximate surface area is 104 Å². The molecule has 1 aromatic carbocycles. The highest BCUT2D eigenvalue weighted by Crippen LogP contribution is 2.29. The van der Waals surface area contributed by atoms with Crippen LogP contribution in [0.1, 0.15) is 6.92 Å². The van der Waals surface area contributed by atoms with Crippen molar-refractivity contribution in [2.24, 2.45) is 5.73 Å². The van der Waals surface area contributed by atoms with Gasteiger partial charge in [0.15, 0.2) is 4.34 Å². The number of halogens is 1. The Bertz CT molecular complexity index is 395. The van der Waals surface area contributed by atoms with Crippen molar-refractivity contribution in [1.82, 2.24) is 4.98 Å². The number of fused-ring (bicyclic) bond motifs is 1. The van der Waals surface area contributed by atoms with E-state index < -0.39 is 0 Å². The highest BCUT2D eigenvalue weighted by Gasteiger charge is 2.04. The Morgan fingerprint density at radius 2 is 2.20 bits per heavy atom. The Balaban J connectivity index is 0.00000112. The lowest BCUT2D eigenvalue weighted by molar-refractivity contribution is 0.847. The molecule has 0 fully saturated rings. The lowest BCUT2D eigenvalue weighted by atomic mass is 10.3. The molecule has 2 nitrogen and oxygen atoms in total. The van der Waals surface area contributed by atoms with Gasteiger partial charge in [0.05, 0.1) is 10.2 Å². The molecule has 82 valence electrons. The maximum atomic E-state index is 5.69. The molecule has 1 heterocycles. The number of hydrogen-bond acceptors (Lipinski definition) is 4. The second kappa shape index (κ2) is 5.70. The second-order valence-corrected chi connectivity index (χ2v) is 5.53. The van der Waals surface area contributed by atoms with Crippen LogP contribution in [0.15, 0.2) is 28.6 Å². The van der Waals surface area contributed by atoms with Crippen molar-refractivity contribution in [2.45, 2.75) is 17.3 Å². The van der Waals surface area contributed by atoms with Gasteiger partial charge in [-0.3, -0.25) is 0 Å². The summed E-state index contributed by atoms with van der Waals surface area (Å²) in [5.74, 6) is 0.930. The number of rotatable bonds is 3. The average Bonchev–Trinajstić information content (AvgIpc) is 2.57. The van der Waals surface area contributed by atoms with E-state index in [-0.39, 0.29) is 18.4 Å². The molecule has 0 saturated carbocycles. The van der Waals surface area contributed by atoms with Gasteiger partial charge in [0.1, 0.15) is 0 Å². The number of thiazole rings is 1. The SMILES string of the molecule is C[C@H](N)CSc1nc2ccccc2s1.Cl. The van der Waals surface area contributed by atoms with E-state index in [4.69, 9.17) is 5.73 Å². The van der Waals surface area contributed by atoms with Gasteiger partial charge in [-0.25, -0.2) is 4.98 Å². The summed E-state index contributed by atoms with van der Waals surface area (Å²) in [6, 6.07) is 8.43. The van der Waals surface area contributed by atoms with Gasteiger partial charge in [0, 0.05) is 11.8 Å². The van der Waals surface area contributed by atoms with Crippen LogP contribution in [0.25, 0.3) is 10.2 Å². The van der Waals surface area contributed by atoms with Crippen molar-refractivity contribution in [3.8, 4) is 0 Å². The number of aromatic nitrogens is 1. The summed E-state index contributed by atoms with van der Waals surface area (Å²) in [6.45, 7) is 2.01. The zero-order valence-electron chi connectivity index (χ0n) is 8.34. The molecule has 2 N–H and O–H groups in total. The van der Waals surface area contributed by atoms with Crippen LogP contribution >= 0.6 is 35.5 Å². The molecule has 2 aromatic rings.